The second-order valence-corrected chi connectivity index (χ2v) is 14.0. The monoisotopic (exact) mass is 656 g/mol. The van der Waals surface area contributed by atoms with Crippen LogP contribution in [0.2, 0.25) is 0 Å². The summed E-state index contributed by atoms with van der Waals surface area (Å²) >= 11 is 0. The number of hydrogen-bond acceptors (Lipinski definition) is 0. The lowest BCUT2D eigenvalue weighted by Crippen LogP contribution is -1.93. The Morgan fingerprint density at radius 2 is 0.654 bits per heavy atom. The van der Waals surface area contributed by atoms with Crippen LogP contribution in [0, 0.1) is 0 Å². The molecule has 0 fully saturated rings. The Morgan fingerprint density at radius 1 is 0.212 bits per heavy atom. The van der Waals surface area contributed by atoms with E-state index in [9.17, 15) is 0 Å². The average Bonchev–Trinajstić information content (AvgIpc) is 3.22. The Morgan fingerprint density at radius 3 is 1.33 bits per heavy atom. The van der Waals surface area contributed by atoms with Crippen molar-refractivity contribution in [2.75, 3.05) is 0 Å². The first-order valence-corrected chi connectivity index (χ1v) is 18.1. The normalized spacial score (nSPS) is 11.8. The van der Waals surface area contributed by atoms with E-state index in [0.717, 1.165) is 0 Å². The standard InChI is InChI=1S/C52H32/c1-2-15-35-31-36(27-25-33(35)13-1)51-44-21-9-11-23-46(44)52(47-24-12-10-22-45(47)51)48-30-29-42(39-17-5-6-18-40(39)48)49-32-37-28-26-34-14-3-4-16-38(34)50(37)43-20-8-7-19-41(43)49/h1-32H. The van der Waals surface area contributed by atoms with Gasteiger partial charge in [0.2, 0.25) is 0 Å². The van der Waals surface area contributed by atoms with Crippen molar-refractivity contribution >= 4 is 75.4 Å². The molecule has 11 aromatic rings. The van der Waals surface area contributed by atoms with E-state index in [1.54, 1.807) is 0 Å². The van der Waals surface area contributed by atoms with Gasteiger partial charge in [0, 0.05) is 0 Å². The van der Waals surface area contributed by atoms with Crippen LogP contribution in [0.3, 0.4) is 0 Å². The lowest BCUT2D eigenvalue weighted by Gasteiger charge is -2.20. The van der Waals surface area contributed by atoms with Crippen LogP contribution in [0.4, 0.5) is 0 Å². The van der Waals surface area contributed by atoms with Crippen molar-refractivity contribution in [3.8, 4) is 33.4 Å². The van der Waals surface area contributed by atoms with Crippen molar-refractivity contribution in [2.24, 2.45) is 0 Å². The molecule has 0 heteroatoms. The van der Waals surface area contributed by atoms with Crippen LogP contribution in [0.25, 0.3) is 109 Å². The highest BCUT2D eigenvalue weighted by atomic mass is 14.2. The molecule has 0 bridgehead atoms. The third-order valence-corrected chi connectivity index (χ3v) is 11.2. The van der Waals surface area contributed by atoms with Gasteiger partial charge in [-0.2, -0.15) is 0 Å². The van der Waals surface area contributed by atoms with Gasteiger partial charge in [-0.25, -0.2) is 0 Å². The molecule has 0 spiro atoms. The molecule has 0 nitrogen and oxygen atoms in total. The predicted molar refractivity (Wildman–Crippen MR) is 225 cm³/mol. The Labute approximate surface area is 301 Å². The molecule has 0 aliphatic heterocycles. The maximum atomic E-state index is 2.41. The van der Waals surface area contributed by atoms with Crippen molar-refractivity contribution < 1.29 is 0 Å². The van der Waals surface area contributed by atoms with Crippen LogP contribution in [0.1, 0.15) is 0 Å². The molecular weight excluding hydrogens is 625 g/mol. The van der Waals surface area contributed by atoms with Gasteiger partial charge >= 0.3 is 0 Å². The topological polar surface area (TPSA) is 0 Å². The molecule has 0 saturated heterocycles. The molecule has 0 aliphatic rings. The van der Waals surface area contributed by atoms with E-state index in [1.807, 2.05) is 0 Å². The zero-order valence-corrected chi connectivity index (χ0v) is 28.5. The summed E-state index contributed by atoms with van der Waals surface area (Å²) in [6.07, 6.45) is 0. The highest BCUT2D eigenvalue weighted by Crippen LogP contribution is 2.48. The second kappa shape index (κ2) is 11.4. The van der Waals surface area contributed by atoms with E-state index in [-0.39, 0.29) is 0 Å². The molecule has 0 heterocycles. The Balaban J connectivity index is 1.20. The van der Waals surface area contributed by atoms with E-state index in [0.29, 0.717) is 0 Å². The summed E-state index contributed by atoms with van der Waals surface area (Å²) in [6, 6.07) is 71.9. The Kier molecular flexibility index (Phi) is 6.35. The quantitative estimate of drug-likeness (QED) is 0.131. The van der Waals surface area contributed by atoms with Gasteiger partial charge in [-0.3, -0.25) is 0 Å². The average molecular weight is 657 g/mol. The van der Waals surface area contributed by atoms with Crippen LogP contribution in [-0.4, -0.2) is 0 Å². The zero-order valence-electron chi connectivity index (χ0n) is 28.5. The summed E-state index contributed by atoms with van der Waals surface area (Å²) in [5.74, 6) is 0. The highest BCUT2D eigenvalue weighted by molar-refractivity contribution is 6.27. The van der Waals surface area contributed by atoms with E-state index >= 15 is 0 Å². The molecule has 11 rings (SSSR count). The molecular formula is C52H32. The molecule has 0 radical (unpaired) electrons. The lowest BCUT2D eigenvalue weighted by molar-refractivity contribution is 1.67. The third-order valence-electron chi connectivity index (χ3n) is 11.2. The molecule has 0 N–H and O–H groups in total. The van der Waals surface area contributed by atoms with E-state index in [4.69, 9.17) is 0 Å². The fourth-order valence-corrected chi connectivity index (χ4v) is 8.93. The van der Waals surface area contributed by atoms with Crippen LogP contribution < -0.4 is 0 Å². The van der Waals surface area contributed by atoms with Crippen LogP contribution in [0.5, 0.6) is 0 Å². The first-order chi connectivity index (χ1) is 25.8. The fraction of sp³-hybridized carbons (Fsp3) is 0. The highest BCUT2D eigenvalue weighted by Gasteiger charge is 2.20. The van der Waals surface area contributed by atoms with Crippen molar-refractivity contribution in [3.63, 3.8) is 0 Å². The maximum absolute atomic E-state index is 2.41. The summed E-state index contributed by atoms with van der Waals surface area (Å²) < 4.78 is 0. The molecule has 240 valence electrons. The van der Waals surface area contributed by atoms with Crippen molar-refractivity contribution in [2.45, 2.75) is 0 Å². The summed E-state index contributed by atoms with van der Waals surface area (Å²) in [5.41, 5.74) is 7.60. The molecule has 0 saturated carbocycles. The van der Waals surface area contributed by atoms with Gasteiger partial charge in [0.1, 0.15) is 0 Å². The zero-order chi connectivity index (χ0) is 34.2. The first kappa shape index (κ1) is 29.0. The number of fused-ring (bicyclic) bond motifs is 9. The van der Waals surface area contributed by atoms with E-state index in [1.165, 1.54) is 109 Å². The molecule has 0 aromatic heterocycles. The summed E-state index contributed by atoms with van der Waals surface area (Å²) in [6.45, 7) is 0. The van der Waals surface area contributed by atoms with Gasteiger partial charge in [0.25, 0.3) is 0 Å². The molecule has 0 unspecified atom stereocenters. The number of hydrogen-bond donors (Lipinski definition) is 0. The van der Waals surface area contributed by atoms with Gasteiger partial charge < -0.3 is 0 Å². The van der Waals surface area contributed by atoms with Gasteiger partial charge in [0.15, 0.2) is 0 Å². The molecule has 0 amide bonds. The minimum atomic E-state index is 1.24. The third kappa shape index (κ3) is 4.28. The first-order valence-electron chi connectivity index (χ1n) is 18.1. The molecule has 0 aliphatic carbocycles. The Bertz CT molecular complexity index is 3180. The number of rotatable bonds is 3. The Hall–Kier alpha value is -6.76. The summed E-state index contributed by atoms with van der Waals surface area (Å²) in [4.78, 5) is 0. The minimum Gasteiger partial charge on any atom is -0.0616 e. The van der Waals surface area contributed by atoms with Crippen LogP contribution in [0.15, 0.2) is 194 Å². The predicted octanol–water partition coefficient (Wildman–Crippen LogP) is 14.8. The fourth-order valence-electron chi connectivity index (χ4n) is 8.93. The smallest absolute Gasteiger partial charge is 0.00201 e. The van der Waals surface area contributed by atoms with Gasteiger partial charge in [-0.1, -0.05) is 182 Å². The second-order valence-electron chi connectivity index (χ2n) is 14.0. The number of benzene rings is 11. The van der Waals surface area contributed by atoms with Crippen molar-refractivity contribution in [1.82, 2.24) is 0 Å². The molecule has 0 atom stereocenters. The van der Waals surface area contributed by atoms with Crippen molar-refractivity contribution in [1.29, 1.82) is 0 Å². The van der Waals surface area contributed by atoms with Crippen molar-refractivity contribution in [3.05, 3.63) is 194 Å². The van der Waals surface area contributed by atoms with Crippen LogP contribution in [-0.2, 0) is 0 Å². The largest absolute Gasteiger partial charge is 0.0616 e. The molecule has 11 aromatic carbocycles. The summed E-state index contributed by atoms with van der Waals surface area (Å²) in [5, 5.41) is 17.8. The van der Waals surface area contributed by atoms with Gasteiger partial charge in [-0.05, 0) is 121 Å². The van der Waals surface area contributed by atoms with Gasteiger partial charge in [-0.15, -0.1) is 0 Å². The maximum Gasteiger partial charge on any atom is -0.00201 e. The van der Waals surface area contributed by atoms with Crippen LogP contribution >= 0.6 is 0 Å². The lowest BCUT2D eigenvalue weighted by atomic mass is 9.83. The van der Waals surface area contributed by atoms with E-state index in [2.05, 4.69) is 194 Å². The SMILES string of the molecule is c1ccc2cc(-c3c4ccccc4c(-c4ccc(-c5cc6ccc7ccccc7c6c6ccccc56)c5ccccc45)c4ccccc34)ccc2c1. The van der Waals surface area contributed by atoms with E-state index < -0.39 is 0 Å². The summed E-state index contributed by atoms with van der Waals surface area (Å²) in [7, 11) is 0. The molecule has 52 heavy (non-hydrogen) atoms. The minimum absolute atomic E-state index is 1.24. The van der Waals surface area contributed by atoms with Gasteiger partial charge in [0.05, 0.1) is 0 Å².